The molecule has 2 heterocycles. The van der Waals surface area contributed by atoms with E-state index in [2.05, 4.69) is 36.8 Å². The molecule has 1 saturated heterocycles. The SMILES string of the molecule is Cc1ccc(C2C/C(=C3/C(=O)ONN3c3ccc(C)cc3)N=c3ccccc3=N2)cc1. The lowest BCUT2D eigenvalue weighted by atomic mass is 10.0. The second kappa shape index (κ2) is 7.81. The van der Waals surface area contributed by atoms with E-state index in [0.717, 1.165) is 27.5 Å². The van der Waals surface area contributed by atoms with Gasteiger partial charge in [-0.05, 0) is 43.7 Å². The minimum absolute atomic E-state index is 0.163. The fraction of sp³-hybridized carbons (Fsp3) is 0.160. The first-order valence-electron chi connectivity index (χ1n) is 10.2. The van der Waals surface area contributed by atoms with E-state index in [1.807, 2.05) is 55.5 Å². The number of carbonyl (C=O) groups is 1. The summed E-state index contributed by atoms with van der Waals surface area (Å²) in [7, 11) is 0. The highest BCUT2D eigenvalue weighted by molar-refractivity contribution is 5.95. The highest BCUT2D eigenvalue weighted by Crippen LogP contribution is 2.32. The highest BCUT2D eigenvalue weighted by Gasteiger charge is 2.34. The summed E-state index contributed by atoms with van der Waals surface area (Å²) in [5, 5.41) is 3.20. The van der Waals surface area contributed by atoms with Crippen LogP contribution in [0, 0.1) is 13.8 Å². The summed E-state index contributed by atoms with van der Waals surface area (Å²) in [5.41, 5.74) is 7.95. The largest absolute Gasteiger partial charge is 0.378 e. The number of hydrogen-bond acceptors (Lipinski definition) is 6. The van der Waals surface area contributed by atoms with Gasteiger partial charge in [-0.1, -0.05) is 65.2 Å². The van der Waals surface area contributed by atoms with Gasteiger partial charge in [-0.25, -0.2) is 14.8 Å². The quantitative estimate of drug-likeness (QED) is 0.658. The summed E-state index contributed by atoms with van der Waals surface area (Å²) in [6, 6.07) is 23.8. The zero-order chi connectivity index (χ0) is 21.4. The minimum atomic E-state index is -0.457. The zero-order valence-corrected chi connectivity index (χ0v) is 17.4. The number of nitrogens with one attached hydrogen (secondary N) is 1. The van der Waals surface area contributed by atoms with Gasteiger partial charge in [0, 0.05) is 6.42 Å². The summed E-state index contributed by atoms with van der Waals surface area (Å²) < 4.78 is 0. The average Bonchev–Trinajstić information content (AvgIpc) is 3.05. The number of para-hydroxylation sites is 2. The molecule has 3 aromatic rings. The fourth-order valence-electron chi connectivity index (χ4n) is 3.78. The standard InChI is InChI=1S/C25H22N4O2/c1-16-7-11-18(12-8-16)22-15-23(27-21-6-4-3-5-20(21)26-22)24-25(30)31-28-29(24)19-13-9-17(2)10-14-19/h3-14,22,28H,15H2,1-2H3/b24-23+. The maximum atomic E-state index is 12.8. The summed E-state index contributed by atoms with van der Waals surface area (Å²) in [4.78, 5) is 27.8. The molecule has 0 bridgehead atoms. The van der Waals surface area contributed by atoms with Gasteiger partial charge in [0.25, 0.3) is 0 Å². The third kappa shape index (κ3) is 3.73. The zero-order valence-electron chi connectivity index (χ0n) is 17.4. The van der Waals surface area contributed by atoms with E-state index in [4.69, 9.17) is 14.8 Å². The number of carbonyl (C=O) groups excluding carboxylic acids is 1. The van der Waals surface area contributed by atoms with Crippen LogP contribution in [0.3, 0.4) is 0 Å². The summed E-state index contributed by atoms with van der Waals surface area (Å²) in [6.45, 7) is 4.08. The van der Waals surface area contributed by atoms with Crippen LogP contribution < -0.4 is 21.3 Å². The Morgan fingerprint density at radius 3 is 2.26 bits per heavy atom. The van der Waals surface area contributed by atoms with Crippen molar-refractivity contribution in [2.24, 2.45) is 9.98 Å². The van der Waals surface area contributed by atoms with E-state index in [-0.39, 0.29) is 6.04 Å². The lowest BCUT2D eigenvalue weighted by Gasteiger charge is -2.18. The van der Waals surface area contributed by atoms with Crippen LogP contribution in [0.2, 0.25) is 0 Å². The molecule has 6 heteroatoms. The number of fused-ring (bicyclic) bond motifs is 1. The Balaban J connectivity index is 1.69. The number of benzene rings is 3. The van der Waals surface area contributed by atoms with Crippen LogP contribution in [0.5, 0.6) is 0 Å². The van der Waals surface area contributed by atoms with Gasteiger partial charge in [0.1, 0.15) is 0 Å². The molecular formula is C25H22N4O2. The molecule has 0 spiro atoms. The van der Waals surface area contributed by atoms with Crippen LogP contribution in [0.25, 0.3) is 0 Å². The third-order valence-corrected chi connectivity index (χ3v) is 5.49. The molecule has 5 rings (SSSR count). The molecule has 2 aliphatic heterocycles. The van der Waals surface area contributed by atoms with Crippen LogP contribution >= 0.6 is 0 Å². The van der Waals surface area contributed by atoms with Gasteiger partial charge in [0.15, 0.2) is 5.70 Å². The predicted octanol–water partition coefficient (Wildman–Crippen LogP) is 3.38. The molecule has 31 heavy (non-hydrogen) atoms. The van der Waals surface area contributed by atoms with E-state index < -0.39 is 5.97 Å². The second-order valence-electron chi connectivity index (χ2n) is 7.81. The fourth-order valence-corrected chi connectivity index (χ4v) is 3.78. The van der Waals surface area contributed by atoms with Crippen molar-refractivity contribution >= 4 is 11.7 Å². The molecule has 0 aromatic heterocycles. The van der Waals surface area contributed by atoms with Gasteiger partial charge in [-0.2, -0.15) is 0 Å². The molecule has 0 aliphatic carbocycles. The Labute approximate surface area is 180 Å². The molecule has 154 valence electrons. The summed E-state index contributed by atoms with van der Waals surface area (Å²) >= 11 is 0. The van der Waals surface area contributed by atoms with Gasteiger partial charge in [0.05, 0.1) is 28.1 Å². The molecule has 1 unspecified atom stereocenters. The molecule has 1 atom stereocenters. The second-order valence-corrected chi connectivity index (χ2v) is 7.81. The van der Waals surface area contributed by atoms with Gasteiger partial charge >= 0.3 is 5.97 Å². The number of hydrazine groups is 1. The van der Waals surface area contributed by atoms with E-state index in [9.17, 15) is 4.79 Å². The van der Waals surface area contributed by atoms with Crippen molar-refractivity contribution in [3.05, 3.63) is 112 Å². The van der Waals surface area contributed by atoms with Crippen LogP contribution in [0.4, 0.5) is 5.69 Å². The highest BCUT2D eigenvalue weighted by atomic mass is 16.7. The molecule has 0 radical (unpaired) electrons. The van der Waals surface area contributed by atoms with E-state index in [0.29, 0.717) is 17.8 Å². The Morgan fingerprint density at radius 2 is 1.55 bits per heavy atom. The topological polar surface area (TPSA) is 66.3 Å². The molecule has 0 amide bonds. The number of aryl methyl sites for hydroxylation is 2. The number of hydrogen-bond donors (Lipinski definition) is 1. The average molecular weight is 410 g/mol. The van der Waals surface area contributed by atoms with E-state index in [1.54, 1.807) is 5.01 Å². The van der Waals surface area contributed by atoms with Crippen molar-refractivity contribution in [1.29, 1.82) is 0 Å². The maximum absolute atomic E-state index is 12.8. The van der Waals surface area contributed by atoms with Crippen LogP contribution in [-0.2, 0) is 9.63 Å². The summed E-state index contributed by atoms with van der Waals surface area (Å²) in [6.07, 6.45) is 0.478. The first-order chi connectivity index (χ1) is 15.1. The van der Waals surface area contributed by atoms with Crippen LogP contribution in [-0.4, -0.2) is 5.97 Å². The Bertz CT molecular complexity index is 1290. The van der Waals surface area contributed by atoms with Crippen molar-refractivity contribution in [2.45, 2.75) is 26.3 Å². The molecule has 1 N–H and O–H groups in total. The summed E-state index contributed by atoms with van der Waals surface area (Å²) in [5.74, 6) is -0.457. The predicted molar refractivity (Wildman–Crippen MR) is 117 cm³/mol. The van der Waals surface area contributed by atoms with Crippen molar-refractivity contribution < 1.29 is 9.63 Å². The molecule has 1 fully saturated rings. The Kier molecular flexibility index (Phi) is 4.84. The monoisotopic (exact) mass is 410 g/mol. The van der Waals surface area contributed by atoms with Crippen LogP contribution in [0.15, 0.2) is 94.2 Å². The van der Waals surface area contributed by atoms with Crippen LogP contribution in [0.1, 0.15) is 29.2 Å². The first kappa shape index (κ1) is 19.2. The van der Waals surface area contributed by atoms with Crippen molar-refractivity contribution in [2.75, 3.05) is 5.01 Å². The lowest BCUT2D eigenvalue weighted by molar-refractivity contribution is -0.140. The first-order valence-corrected chi connectivity index (χ1v) is 10.2. The van der Waals surface area contributed by atoms with Gasteiger partial charge in [-0.3, -0.25) is 4.99 Å². The Hall–Kier alpha value is -3.77. The third-order valence-electron chi connectivity index (χ3n) is 5.49. The lowest BCUT2D eigenvalue weighted by Crippen LogP contribution is -2.29. The molecular weight excluding hydrogens is 388 g/mol. The van der Waals surface area contributed by atoms with Crippen molar-refractivity contribution in [3.8, 4) is 0 Å². The molecule has 6 nitrogen and oxygen atoms in total. The normalized spacial score (nSPS) is 20.4. The van der Waals surface area contributed by atoms with Gasteiger partial charge in [-0.15, -0.1) is 0 Å². The minimum Gasteiger partial charge on any atom is -0.345 e. The molecule has 0 saturated carbocycles. The van der Waals surface area contributed by atoms with E-state index >= 15 is 0 Å². The molecule has 3 aromatic carbocycles. The van der Waals surface area contributed by atoms with Gasteiger partial charge < -0.3 is 4.84 Å². The Morgan fingerprint density at radius 1 is 0.903 bits per heavy atom. The number of rotatable bonds is 2. The smallest absolute Gasteiger partial charge is 0.345 e. The number of anilines is 1. The van der Waals surface area contributed by atoms with Crippen molar-refractivity contribution in [3.63, 3.8) is 0 Å². The number of nitrogens with zero attached hydrogens (tertiary/aromatic N) is 3. The maximum Gasteiger partial charge on any atom is 0.378 e. The van der Waals surface area contributed by atoms with Crippen molar-refractivity contribution in [1.82, 2.24) is 5.59 Å². The molecule has 2 aliphatic rings. The van der Waals surface area contributed by atoms with Gasteiger partial charge in [0.2, 0.25) is 0 Å². The van der Waals surface area contributed by atoms with E-state index in [1.165, 1.54) is 5.56 Å².